The molecule has 5 rings (SSSR count). The van der Waals surface area contributed by atoms with E-state index in [0.29, 0.717) is 28.6 Å². The van der Waals surface area contributed by atoms with Crippen LogP contribution in [0.4, 0.5) is 5.82 Å². The molecule has 2 aromatic heterocycles. The summed E-state index contributed by atoms with van der Waals surface area (Å²) in [6.07, 6.45) is 3.47. The first-order valence-electron chi connectivity index (χ1n) is 9.64. The van der Waals surface area contributed by atoms with Crippen molar-refractivity contribution in [1.82, 2.24) is 19.5 Å². The number of hydrogen-bond acceptors (Lipinski definition) is 7. The lowest BCUT2D eigenvalue weighted by atomic mass is 10.1. The van der Waals surface area contributed by atoms with Gasteiger partial charge in [-0.2, -0.15) is 0 Å². The van der Waals surface area contributed by atoms with E-state index in [1.807, 2.05) is 42.5 Å². The molecule has 156 valence electrons. The third-order valence-electron chi connectivity index (χ3n) is 4.85. The zero-order chi connectivity index (χ0) is 21.2. The highest BCUT2D eigenvalue weighted by molar-refractivity contribution is 14.1. The van der Waals surface area contributed by atoms with Crippen LogP contribution in [0.3, 0.4) is 0 Å². The van der Waals surface area contributed by atoms with Crippen molar-refractivity contribution in [1.29, 1.82) is 0 Å². The van der Waals surface area contributed by atoms with Gasteiger partial charge in [0, 0.05) is 15.7 Å². The molecule has 7 nitrogen and oxygen atoms in total. The highest BCUT2D eigenvalue weighted by Gasteiger charge is 2.26. The van der Waals surface area contributed by atoms with Crippen molar-refractivity contribution in [2.75, 3.05) is 5.73 Å². The highest BCUT2D eigenvalue weighted by atomic mass is 127. The van der Waals surface area contributed by atoms with E-state index in [0.717, 1.165) is 20.7 Å². The standard InChI is InChI=1S/C22H18IN5O2S/c23-16-9-5-4-8-15(16)21-29-12-17(30-21)31-22-27-18-19(24)25-13-26-20(18)28(22)11-10-14-6-2-1-3-7-14/h1-9,12-13,21H,10-11H2,(H2,24,25,26). The Bertz CT molecular complexity index is 1260. The van der Waals surface area contributed by atoms with Crippen molar-refractivity contribution in [3.63, 3.8) is 0 Å². The fraction of sp³-hybridized carbons (Fsp3) is 0.136. The predicted molar refractivity (Wildman–Crippen MR) is 128 cm³/mol. The third-order valence-corrected chi connectivity index (χ3v) is 6.72. The second-order valence-corrected chi connectivity index (χ2v) is 8.99. The summed E-state index contributed by atoms with van der Waals surface area (Å²) in [7, 11) is 0. The lowest BCUT2D eigenvalue weighted by Gasteiger charge is -2.13. The number of hydrogen-bond donors (Lipinski definition) is 1. The zero-order valence-corrected chi connectivity index (χ0v) is 19.3. The molecule has 1 unspecified atom stereocenters. The van der Waals surface area contributed by atoms with Crippen molar-refractivity contribution >= 4 is 51.3 Å². The Hall–Kier alpha value is -2.79. The minimum Gasteiger partial charge on any atom is -0.454 e. The Morgan fingerprint density at radius 1 is 1.06 bits per heavy atom. The molecule has 0 saturated heterocycles. The Balaban J connectivity index is 1.40. The average Bonchev–Trinajstić information content (AvgIpc) is 3.39. The Morgan fingerprint density at radius 2 is 1.87 bits per heavy atom. The SMILES string of the molecule is Nc1ncnc2c1nc(SC1=COC(c3ccccc3I)O1)n2CCc1ccccc1. The first-order chi connectivity index (χ1) is 15.2. The van der Waals surface area contributed by atoms with Gasteiger partial charge in [-0.1, -0.05) is 48.5 Å². The van der Waals surface area contributed by atoms with Gasteiger partial charge in [0.2, 0.25) is 5.09 Å². The van der Waals surface area contributed by atoms with Gasteiger partial charge in [-0.15, -0.1) is 0 Å². The largest absolute Gasteiger partial charge is 0.454 e. The molecule has 0 bridgehead atoms. The van der Waals surface area contributed by atoms with Gasteiger partial charge in [0.25, 0.3) is 6.29 Å². The molecule has 31 heavy (non-hydrogen) atoms. The van der Waals surface area contributed by atoms with E-state index in [-0.39, 0.29) is 0 Å². The molecule has 0 saturated carbocycles. The third kappa shape index (κ3) is 4.19. The molecule has 1 aliphatic heterocycles. The van der Waals surface area contributed by atoms with Gasteiger partial charge in [-0.05, 0) is 52.4 Å². The van der Waals surface area contributed by atoms with Crippen LogP contribution in [0.2, 0.25) is 0 Å². The van der Waals surface area contributed by atoms with Crippen LogP contribution >= 0.6 is 34.4 Å². The summed E-state index contributed by atoms with van der Waals surface area (Å²) in [4.78, 5) is 13.2. The quantitative estimate of drug-likeness (QED) is 0.347. The van der Waals surface area contributed by atoms with Gasteiger partial charge >= 0.3 is 0 Å². The molecule has 1 aliphatic rings. The minimum absolute atomic E-state index is 0.361. The second-order valence-electron chi connectivity index (χ2n) is 6.86. The van der Waals surface area contributed by atoms with E-state index in [1.165, 1.54) is 23.7 Å². The van der Waals surface area contributed by atoms with Gasteiger partial charge in [-0.3, -0.25) is 0 Å². The monoisotopic (exact) mass is 543 g/mol. The topological polar surface area (TPSA) is 88.1 Å². The van der Waals surface area contributed by atoms with Crippen LogP contribution in [-0.4, -0.2) is 19.5 Å². The molecule has 0 amide bonds. The van der Waals surface area contributed by atoms with E-state index >= 15 is 0 Å². The van der Waals surface area contributed by atoms with E-state index in [4.69, 9.17) is 20.2 Å². The summed E-state index contributed by atoms with van der Waals surface area (Å²) in [6, 6.07) is 18.3. The van der Waals surface area contributed by atoms with Crippen LogP contribution < -0.4 is 5.73 Å². The van der Waals surface area contributed by atoms with Gasteiger partial charge in [0.15, 0.2) is 22.1 Å². The highest BCUT2D eigenvalue weighted by Crippen LogP contribution is 2.39. The number of imidazole rings is 1. The van der Waals surface area contributed by atoms with E-state index in [1.54, 1.807) is 6.26 Å². The van der Waals surface area contributed by atoms with Crippen molar-refractivity contribution in [2.24, 2.45) is 0 Å². The first-order valence-corrected chi connectivity index (χ1v) is 11.5. The van der Waals surface area contributed by atoms with Crippen LogP contribution in [0, 0.1) is 3.57 Å². The van der Waals surface area contributed by atoms with Gasteiger partial charge in [0.1, 0.15) is 12.6 Å². The van der Waals surface area contributed by atoms with E-state index < -0.39 is 6.29 Å². The molecule has 9 heteroatoms. The number of fused-ring (bicyclic) bond motifs is 1. The summed E-state index contributed by atoms with van der Waals surface area (Å²) >= 11 is 3.67. The number of aromatic nitrogens is 4. The summed E-state index contributed by atoms with van der Waals surface area (Å²) in [5.41, 5.74) is 9.58. The number of nitrogens with zero attached hydrogens (tertiary/aromatic N) is 4. The molecule has 0 aliphatic carbocycles. The maximum absolute atomic E-state index is 6.06. The number of anilines is 1. The predicted octanol–water partition coefficient (Wildman–Crippen LogP) is 4.89. The zero-order valence-electron chi connectivity index (χ0n) is 16.3. The maximum atomic E-state index is 6.06. The van der Waals surface area contributed by atoms with Crippen molar-refractivity contribution in [3.8, 4) is 0 Å². The summed E-state index contributed by atoms with van der Waals surface area (Å²) in [5, 5.41) is 1.36. The number of ether oxygens (including phenoxy) is 2. The molecular weight excluding hydrogens is 525 g/mol. The number of thioether (sulfide) groups is 1. The van der Waals surface area contributed by atoms with Crippen molar-refractivity contribution in [2.45, 2.75) is 24.4 Å². The van der Waals surface area contributed by atoms with E-state index in [2.05, 4.69) is 49.3 Å². The number of nitrogen functional groups attached to an aromatic ring is 1. The number of nitrogens with two attached hydrogens (primary N) is 1. The number of benzene rings is 2. The molecule has 0 spiro atoms. The van der Waals surface area contributed by atoms with Gasteiger partial charge < -0.3 is 19.8 Å². The molecule has 2 N–H and O–H groups in total. The Labute approximate surface area is 196 Å². The number of halogens is 1. The van der Waals surface area contributed by atoms with Crippen LogP contribution in [0.25, 0.3) is 11.2 Å². The van der Waals surface area contributed by atoms with Crippen LogP contribution in [-0.2, 0) is 22.4 Å². The summed E-state index contributed by atoms with van der Waals surface area (Å²) in [5.74, 6) is 0.361. The fourth-order valence-corrected chi connectivity index (χ4v) is 4.80. The van der Waals surface area contributed by atoms with E-state index in [9.17, 15) is 0 Å². The summed E-state index contributed by atoms with van der Waals surface area (Å²) in [6.45, 7) is 0.702. The van der Waals surface area contributed by atoms with Gasteiger partial charge in [-0.25, -0.2) is 15.0 Å². The number of aryl methyl sites for hydroxylation is 2. The Kier molecular flexibility index (Phi) is 5.68. The maximum Gasteiger partial charge on any atom is 0.268 e. The minimum atomic E-state index is -0.470. The Morgan fingerprint density at radius 3 is 2.71 bits per heavy atom. The van der Waals surface area contributed by atoms with Crippen molar-refractivity contribution < 1.29 is 9.47 Å². The fourth-order valence-electron chi connectivity index (χ4n) is 3.32. The lowest BCUT2D eigenvalue weighted by molar-refractivity contribution is -0.0279. The summed E-state index contributed by atoms with van der Waals surface area (Å²) < 4.78 is 15.0. The van der Waals surface area contributed by atoms with Gasteiger partial charge in [0.05, 0.1) is 0 Å². The molecule has 4 aromatic rings. The number of rotatable bonds is 6. The normalized spacial score (nSPS) is 15.5. The molecular formula is C22H18IN5O2S. The molecule has 1 atom stereocenters. The van der Waals surface area contributed by atoms with Crippen LogP contribution in [0.15, 0.2) is 77.4 Å². The first kappa shape index (κ1) is 20.1. The van der Waals surface area contributed by atoms with Crippen molar-refractivity contribution in [3.05, 3.63) is 87.0 Å². The van der Waals surface area contributed by atoms with Crippen LogP contribution in [0.5, 0.6) is 0 Å². The molecule has 0 fully saturated rings. The smallest absolute Gasteiger partial charge is 0.268 e. The average molecular weight is 543 g/mol. The second kappa shape index (κ2) is 8.75. The van der Waals surface area contributed by atoms with Crippen LogP contribution in [0.1, 0.15) is 17.4 Å². The molecule has 0 radical (unpaired) electrons. The molecule has 2 aromatic carbocycles. The lowest BCUT2D eigenvalue weighted by Crippen LogP contribution is -2.05. The molecule has 3 heterocycles.